The fourth-order valence-electron chi connectivity index (χ4n) is 1.54. The van der Waals surface area contributed by atoms with Crippen LogP contribution in [0.3, 0.4) is 0 Å². The van der Waals surface area contributed by atoms with Gasteiger partial charge in [0.15, 0.2) is 16.6 Å². The average molecular weight is 356 g/mol. The maximum absolute atomic E-state index is 6.17. The first-order valence-electron chi connectivity index (χ1n) is 6.62. The quantitative estimate of drug-likeness (QED) is 0.244. The molecule has 1 aromatic rings. The number of benzene rings is 1. The van der Waals surface area contributed by atoms with Crippen molar-refractivity contribution in [1.82, 2.24) is 10.7 Å². The molecule has 23 heavy (non-hydrogen) atoms. The Morgan fingerprint density at radius 1 is 1.48 bits per heavy atom. The second-order valence-electron chi connectivity index (χ2n) is 4.15. The van der Waals surface area contributed by atoms with Gasteiger partial charge in [0.25, 0.3) is 0 Å². The zero-order valence-corrected chi connectivity index (χ0v) is 14.5. The number of methoxy groups -OCH3 is 2. The predicted octanol–water partition coefficient (Wildman–Crippen LogP) is 1.80. The third-order valence-corrected chi connectivity index (χ3v) is 3.04. The Labute approximate surface area is 146 Å². The van der Waals surface area contributed by atoms with Crippen LogP contribution in [0.5, 0.6) is 11.5 Å². The molecular weight excluding hydrogens is 338 g/mol. The van der Waals surface area contributed by atoms with Gasteiger partial charge in [0.05, 0.1) is 25.0 Å². The van der Waals surface area contributed by atoms with E-state index in [4.69, 9.17) is 44.5 Å². The van der Waals surface area contributed by atoms with Crippen LogP contribution < -0.4 is 20.2 Å². The first-order valence-corrected chi connectivity index (χ1v) is 7.40. The number of nitrogens with one attached hydrogen (secondary N) is 2. The Morgan fingerprint density at radius 2 is 2.26 bits per heavy atom. The summed E-state index contributed by atoms with van der Waals surface area (Å²) in [6, 6.07) is 3.41. The molecule has 0 saturated heterocycles. The molecule has 0 atom stereocenters. The van der Waals surface area contributed by atoms with E-state index in [2.05, 4.69) is 21.8 Å². The molecule has 0 unspecified atom stereocenters. The lowest BCUT2D eigenvalue weighted by Gasteiger charge is -2.11. The second kappa shape index (κ2) is 10.7. The first kappa shape index (κ1) is 19.0. The van der Waals surface area contributed by atoms with E-state index in [1.165, 1.54) is 7.11 Å². The highest BCUT2D eigenvalue weighted by atomic mass is 35.5. The minimum Gasteiger partial charge on any atom is -0.493 e. The highest BCUT2D eigenvalue weighted by Crippen LogP contribution is 2.35. The third kappa shape index (κ3) is 6.74. The number of hydrogen-bond acceptors (Lipinski definition) is 5. The van der Waals surface area contributed by atoms with Crippen LogP contribution >= 0.6 is 23.8 Å². The highest BCUT2D eigenvalue weighted by molar-refractivity contribution is 7.80. The van der Waals surface area contributed by atoms with E-state index < -0.39 is 0 Å². The van der Waals surface area contributed by atoms with E-state index in [0.717, 1.165) is 0 Å². The monoisotopic (exact) mass is 355 g/mol. The summed E-state index contributed by atoms with van der Waals surface area (Å²) in [5.41, 5.74) is 3.40. The molecular formula is C15H18ClN3O3S. The summed E-state index contributed by atoms with van der Waals surface area (Å²) in [6.45, 7) is 1.25. The molecule has 0 bridgehead atoms. The summed E-state index contributed by atoms with van der Waals surface area (Å²) in [5.74, 6) is 3.24. The van der Waals surface area contributed by atoms with E-state index in [0.29, 0.717) is 40.3 Å². The van der Waals surface area contributed by atoms with Gasteiger partial charge in [0.2, 0.25) is 0 Å². The molecule has 0 aromatic heterocycles. The molecule has 0 spiro atoms. The van der Waals surface area contributed by atoms with E-state index in [9.17, 15) is 0 Å². The predicted molar refractivity (Wildman–Crippen MR) is 95.5 cm³/mol. The van der Waals surface area contributed by atoms with Gasteiger partial charge in [-0.05, 0) is 29.9 Å². The van der Waals surface area contributed by atoms with Crippen LogP contribution in [0.1, 0.15) is 5.56 Å². The van der Waals surface area contributed by atoms with Gasteiger partial charge in [-0.15, -0.1) is 6.42 Å². The fraction of sp³-hybridized carbons (Fsp3) is 0.333. The van der Waals surface area contributed by atoms with Gasteiger partial charge < -0.3 is 19.5 Å². The minimum absolute atomic E-state index is 0.104. The Kier molecular flexibility index (Phi) is 8.83. The van der Waals surface area contributed by atoms with Crippen LogP contribution in [0.25, 0.3) is 0 Å². The van der Waals surface area contributed by atoms with Crippen molar-refractivity contribution in [2.45, 2.75) is 0 Å². The van der Waals surface area contributed by atoms with E-state index in [-0.39, 0.29) is 6.61 Å². The zero-order chi connectivity index (χ0) is 17.1. The van der Waals surface area contributed by atoms with Gasteiger partial charge in [0.1, 0.15) is 6.61 Å². The van der Waals surface area contributed by atoms with Crippen LogP contribution in [0.2, 0.25) is 5.02 Å². The standard InChI is InChI=1S/C15H18ClN3O3S/c1-4-6-22-14-12(16)8-11(9-13(14)21-3)10-18-19-15(23)17-5-7-20-2/h1,8-10H,5-7H2,2-3H3,(H2,17,19,23)/b18-10-. The van der Waals surface area contributed by atoms with Crippen LogP contribution in [0, 0.1) is 12.3 Å². The molecule has 0 heterocycles. The van der Waals surface area contributed by atoms with Gasteiger partial charge in [-0.2, -0.15) is 5.10 Å². The van der Waals surface area contributed by atoms with E-state index in [1.807, 2.05) is 0 Å². The molecule has 0 fully saturated rings. The Balaban J connectivity index is 2.70. The van der Waals surface area contributed by atoms with E-state index in [1.54, 1.807) is 25.5 Å². The SMILES string of the molecule is C#CCOc1c(Cl)cc(/C=N\NC(=S)NCCOC)cc1OC. The highest BCUT2D eigenvalue weighted by Gasteiger charge is 2.11. The lowest BCUT2D eigenvalue weighted by molar-refractivity contribution is 0.204. The van der Waals surface area contributed by atoms with E-state index >= 15 is 0 Å². The zero-order valence-electron chi connectivity index (χ0n) is 12.9. The van der Waals surface area contributed by atoms with Gasteiger partial charge in [-0.25, -0.2) is 0 Å². The Bertz CT molecular complexity index is 602. The van der Waals surface area contributed by atoms with Gasteiger partial charge in [-0.3, -0.25) is 5.43 Å². The molecule has 0 aliphatic carbocycles. The molecule has 1 aromatic carbocycles. The summed E-state index contributed by atoms with van der Waals surface area (Å²) in [6.07, 6.45) is 6.73. The normalized spacial score (nSPS) is 10.2. The van der Waals surface area contributed by atoms with Crippen LogP contribution in [0.15, 0.2) is 17.2 Å². The van der Waals surface area contributed by atoms with Gasteiger partial charge >= 0.3 is 0 Å². The maximum Gasteiger partial charge on any atom is 0.187 e. The number of ether oxygens (including phenoxy) is 3. The van der Waals surface area contributed by atoms with Gasteiger partial charge in [-0.1, -0.05) is 17.5 Å². The van der Waals surface area contributed by atoms with Crippen LogP contribution in [-0.2, 0) is 4.74 Å². The van der Waals surface area contributed by atoms with Crippen LogP contribution in [-0.4, -0.2) is 45.3 Å². The average Bonchev–Trinajstić information content (AvgIpc) is 2.53. The van der Waals surface area contributed by atoms with Crippen molar-refractivity contribution in [2.75, 3.05) is 34.0 Å². The molecule has 2 N–H and O–H groups in total. The van der Waals surface area contributed by atoms with Crippen molar-refractivity contribution in [3.8, 4) is 23.8 Å². The van der Waals surface area contributed by atoms with Crippen LogP contribution in [0.4, 0.5) is 0 Å². The summed E-state index contributed by atoms with van der Waals surface area (Å²) in [4.78, 5) is 0. The molecule has 0 amide bonds. The molecule has 0 aliphatic rings. The molecule has 6 nitrogen and oxygen atoms in total. The fourth-order valence-corrected chi connectivity index (χ4v) is 1.97. The summed E-state index contributed by atoms with van der Waals surface area (Å²) in [5, 5.41) is 7.72. The van der Waals surface area contributed by atoms with Crippen molar-refractivity contribution in [3.63, 3.8) is 0 Å². The number of rotatable bonds is 8. The first-order chi connectivity index (χ1) is 11.1. The molecule has 8 heteroatoms. The number of terminal acetylenes is 1. The molecule has 0 radical (unpaired) electrons. The third-order valence-electron chi connectivity index (χ3n) is 2.52. The smallest absolute Gasteiger partial charge is 0.187 e. The van der Waals surface area contributed by atoms with Crippen molar-refractivity contribution >= 4 is 35.1 Å². The van der Waals surface area contributed by atoms with Crippen molar-refractivity contribution in [1.29, 1.82) is 0 Å². The van der Waals surface area contributed by atoms with Crippen molar-refractivity contribution in [2.24, 2.45) is 5.10 Å². The molecule has 0 aliphatic heterocycles. The Hall–Kier alpha value is -2.01. The lowest BCUT2D eigenvalue weighted by atomic mass is 10.2. The second-order valence-corrected chi connectivity index (χ2v) is 4.96. The minimum atomic E-state index is 0.104. The van der Waals surface area contributed by atoms with Crippen molar-refractivity contribution < 1.29 is 14.2 Å². The Morgan fingerprint density at radius 3 is 2.91 bits per heavy atom. The summed E-state index contributed by atoms with van der Waals surface area (Å²) in [7, 11) is 3.13. The van der Waals surface area contributed by atoms with Crippen molar-refractivity contribution in [3.05, 3.63) is 22.7 Å². The van der Waals surface area contributed by atoms with Gasteiger partial charge in [0, 0.05) is 13.7 Å². The molecule has 0 saturated carbocycles. The number of hydrazone groups is 1. The number of nitrogens with zero attached hydrogens (tertiary/aromatic N) is 1. The summed E-state index contributed by atoms with van der Waals surface area (Å²) >= 11 is 11.2. The number of halogens is 1. The number of hydrogen-bond donors (Lipinski definition) is 2. The topological polar surface area (TPSA) is 64.1 Å². The number of thiocarbonyl (C=S) groups is 1. The molecule has 1 rings (SSSR count). The maximum atomic E-state index is 6.17. The largest absolute Gasteiger partial charge is 0.493 e. The molecule has 124 valence electrons. The summed E-state index contributed by atoms with van der Waals surface area (Å²) < 4.78 is 15.5. The lowest BCUT2D eigenvalue weighted by Crippen LogP contribution is -2.34.